The third kappa shape index (κ3) is 2.81. The highest BCUT2D eigenvalue weighted by Crippen LogP contribution is 2.12. The minimum absolute atomic E-state index is 0.135. The average molecular weight is 210 g/mol. The van der Waals surface area contributed by atoms with E-state index in [1.807, 2.05) is 13.8 Å². The number of rotatable bonds is 5. The SMILES string of the molecule is CCCCNC(=O)c1noc(CC)c1C. The number of amides is 1. The van der Waals surface area contributed by atoms with Crippen molar-refractivity contribution in [1.82, 2.24) is 10.5 Å². The molecule has 4 nitrogen and oxygen atoms in total. The van der Waals surface area contributed by atoms with Gasteiger partial charge < -0.3 is 9.84 Å². The molecule has 84 valence electrons. The van der Waals surface area contributed by atoms with Crippen molar-refractivity contribution in [3.63, 3.8) is 0 Å². The van der Waals surface area contributed by atoms with Gasteiger partial charge in [0, 0.05) is 18.5 Å². The first-order chi connectivity index (χ1) is 7.20. The smallest absolute Gasteiger partial charge is 0.273 e. The van der Waals surface area contributed by atoms with Gasteiger partial charge in [-0.15, -0.1) is 0 Å². The summed E-state index contributed by atoms with van der Waals surface area (Å²) < 4.78 is 5.06. The summed E-state index contributed by atoms with van der Waals surface area (Å²) >= 11 is 0. The zero-order valence-corrected chi connectivity index (χ0v) is 9.59. The fourth-order valence-corrected chi connectivity index (χ4v) is 1.37. The molecule has 0 bridgehead atoms. The third-order valence-corrected chi connectivity index (χ3v) is 2.37. The zero-order valence-electron chi connectivity index (χ0n) is 9.59. The third-order valence-electron chi connectivity index (χ3n) is 2.37. The number of aryl methyl sites for hydroxylation is 1. The summed E-state index contributed by atoms with van der Waals surface area (Å²) in [7, 11) is 0. The van der Waals surface area contributed by atoms with Crippen LogP contribution in [0.1, 0.15) is 48.5 Å². The maximum Gasteiger partial charge on any atom is 0.273 e. The second-order valence-corrected chi connectivity index (χ2v) is 3.54. The molecule has 0 spiro atoms. The predicted octanol–water partition coefficient (Wildman–Crippen LogP) is 2.08. The van der Waals surface area contributed by atoms with Gasteiger partial charge in [-0.25, -0.2) is 0 Å². The van der Waals surface area contributed by atoms with Crippen LogP contribution in [0.25, 0.3) is 0 Å². The van der Waals surface area contributed by atoms with Gasteiger partial charge in [-0.05, 0) is 13.3 Å². The Kier molecular flexibility index (Phi) is 4.34. The van der Waals surface area contributed by atoms with E-state index in [-0.39, 0.29) is 5.91 Å². The fourth-order valence-electron chi connectivity index (χ4n) is 1.37. The van der Waals surface area contributed by atoms with Gasteiger partial charge in [0.15, 0.2) is 5.69 Å². The number of unbranched alkanes of at least 4 members (excludes halogenated alkanes) is 1. The van der Waals surface area contributed by atoms with E-state index in [1.165, 1.54) is 0 Å². The normalized spacial score (nSPS) is 10.3. The van der Waals surface area contributed by atoms with Crippen LogP contribution in [0.3, 0.4) is 0 Å². The van der Waals surface area contributed by atoms with Gasteiger partial charge in [-0.2, -0.15) is 0 Å². The molecule has 1 aromatic rings. The lowest BCUT2D eigenvalue weighted by Gasteiger charge is -2.01. The largest absolute Gasteiger partial charge is 0.360 e. The first-order valence-electron chi connectivity index (χ1n) is 5.44. The highest BCUT2D eigenvalue weighted by Gasteiger charge is 2.16. The Morgan fingerprint density at radius 2 is 2.20 bits per heavy atom. The Morgan fingerprint density at radius 3 is 2.73 bits per heavy atom. The second kappa shape index (κ2) is 5.53. The Balaban J connectivity index is 2.61. The molecule has 0 saturated heterocycles. The Bertz CT molecular complexity index is 331. The van der Waals surface area contributed by atoms with Crippen molar-refractivity contribution in [3.05, 3.63) is 17.0 Å². The van der Waals surface area contributed by atoms with Gasteiger partial charge >= 0.3 is 0 Å². The molecule has 4 heteroatoms. The van der Waals surface area contributed by atoms with Crippen molar-refractivity contribution < 1.29 is 9.32 Å². The quantitative estimate of drug-likeness (QED) is 0.757. The lowest BCUT2D eigenvalue weighted by Crippen LogP contribution is -2.25. The van der Waals surface area contributed by atoms with E-state index in [1.54, 1.807) is 0 Å². The molecule has 0 saturated carbocycles. The maximum atomic E-state index is 11.6. The molecule has 1 heterocycles. The molecule has 1 amide bonds. The van der Waals surface area contributed by atoms with Gasteiger partial charge in [0.25, 0.3) is 5.91 Å². The van der Waals surface area contributed by atoms with E-state index in [0.29, 0.717) is 12.2 Å². The summed E-state index contributed by atoms with van der Waals surface area (Å²) in [6, 6.07) is 0. The molecule has 1 rings (SSSR count). The van der Waals surface area contributed by atoms with Gasteiger partial charge in [0.05, 0.1) is 0 Å². The van der Waals surface area contributed by atoms with Crippen molar-refractivity contribution in [3.8, 4) is 0 Å². The Hall–Kier alpha value is -1.32. The number of carbonyl (C=O) groups is 1. The molecule has 1 N–H and O–H groups in total. The topological polar surface area (TPSA) is 55.1 Å². The van der Waals surface area contributed by atoms with Crippen LogP contribution in [0, 0.1) is 6.92 Å². The van der Waals surface area contributed by atoms with E-state index in [9.17, 15) is 4.79 Å². The summed E-state index contributed by atoms with van der Waals surface area (Å²) in [6.45, 7) is 6.63. The summed E-state index contributed by atoms with van der Waals surface area (Å²) in [5.41, 5.74) is 1.27. The van der Waals surface area contributed by atoms with Crippen molar-refractivity contribution >= 4 is 5.91 Å². The van der Waals surface area contributed by atoms with Crippen LogP contribution >= 0.6 is 0 Å². The van der Waals surface area contributed by atoms with Crippen LogP contribution < -0.4 is 5.32 Å². The van der Waals surface area contributed by atoms with Crippen molar-refractivity contribution in [2.45, 2.75) is 40.0 Å². The summed E-state index contributed by atoms with van der Waals surface area (Å²) in [4.78, 5) is 11.6. The lowest BCUT2D eigenvalue weighted by molar-refractivity contribution is 0.0943. The number of nitrogens with one attached hydrogen (secondary N) is 1. The zero-order chi connectivity index (χ0) is 11.3. The van der Waals surface area contributed by atoms with E-state index in [4.69, 9.17) is 4.52 Å². The predicted molar refractivity (Wildman–Crippen MR) is 57.9 cm³/mol. The number of nitrogens with zero attached hydrogens (tertiary/aromatic N) is 1. The molecule has 0 aliphatic rings. The number of carbonyl (C=O) groups excluding carboxylic acids is 1. The molecule has 15 heavy (non-hydrogen) atoms. The lowest BCUT2D eigenvalue weighted by atomic mass is 10.2. The minimum atomic E-state index is -0.135. The van der Waals surface area contributed by atoms with Gasteiger partial charge in [0.1, 0.15) is 5.76 Å². The molecule has 0 unspecified atom stereocenters. The monoisotopic (exact) mass is 210 g/mol. The Labute approximate surface area is 90.0 Å². The first-order valence-corrected chi connectivity index (χ1v) is 5.44. The molecule has 0 fully saturated rings. The van der Waals surface area contributed by atoms with Crippen molar-refractivity contribution in [1.29, 1.82) is 0 Å². The average Bonchev–Trinajstić information content (AvgIpc) is 2.60. The molecule has 0 atom stereocenters. The van der Waals surface area contributed by atoms with E-state index in [2.05, 4.69) is 17.4 Å². The van der Waals surface area contributed by atoms with Gasteiger partial charge in [-0.1, -0.05) is 25.4 Å². The van der Waals surface area contributed by atoms with E-state index < -0.39 is 0 Å². The highest BCUT2D eigenvalue weighted by atomic mass is 16.5. The van der Waals surface area contributed by atoms with Gasteiger partial charge in [-0.3, -0.25) is 4.79 Å². The maximum absolute atomic E-state index is 11.6. The van der Waals surface area contributed by atoms with E-state index >= 15 is 0 Å². The standard InChI is InChI=1S/C11H18N2O2/c1-4-6-7-12-11(14)10-8(3)9(5-2)15-13-10/h4-7H2,1-3H3,(H,12,14). The minimum Gasteiger partial charge on any atom is -0.360 e. The van der Waals surface area contributed by atoms with Crippen LogP contribution in [0.5, 0.6) is 0 Å². The molecule has 0 aliphatic carbocycles. The molecular formula is C11H18N2O2. The second-order valence-electron chi connectivity index (χ2n) is 3.54. The van der Waals surface area contributed by atoms with E-state index in [0.717, 1.165) is 30.6 Å². The van der Waals surface area contributed by atoms with Crippen LogP contribution in [-0.4, -0.2) is 17.6 Å². The summed E-state index contributed by atoms with van der Waals surface area (Å²) in [5.74, 6) is 0.653. The van der Waals surface area contributed by atoms with Crippen molar-refractivity contribution in [2.75, 3.05) is 6.54 Å². The first kappa shape index (κ1) is 11.8. The molecule has 0 aliphatic heterocycles. The molecule has 1 aromatic heterocycles. The van der Waals surface area contributed by atoms with Crippen molar-refractivity contribution in [2.24, 2.45) is 0 Å². The van der Waals surface area contributed by atoms with Crippen LogP contribution in [0.2, 0.25) is 0 Å². The van der Waals surface area contributed by atoms with Crippen LogP contribution in [0.4, 0.5) is 0 Å². The summed E-state index contributed by atoms with van der Waals surface area (Å²) in [5, 5.41) is 6.59. The highest BCUT2D eigenvalue weighted by molar-refractivity contribution is 5.93. The fraction of sp³-hybridized carbons (Fsp3) is 0.636. The van der Waals surface area contributed by atoms with Crippen LogP contribution in [0.15, 0.2) is 4.52 Å². The Morgan fingerprint density at radius 1 is 1.47 bits per heavy atom. The molecule has 0 radical (unpaired) electrons. The molecule has 0 aromatic carbocycles. The molecular weight excluding hydrogens is 192 g/mol. The van der Waals surface area contributed by atoms with Gasteiger partial charge in [0.2, 0.25) is 0 Å². The number of aromatic nitrogens is 1. The summed E-state index contributed by atoms with van der Waals surface area (Å²) in [6.07, 6.45) is 2.82. The number of hydrogen-bond acceptors (Lipinski definition) is 3. The van der Waals surface area contributed by atoms with Crippen LogP contribution in [-0.2, 0) is 6.42 Å². The number of hydrogen-bond donors (Lipinski definition) is 1.